The summed E-state index contributed by atoms with van der Waals surface area (Å²) in [5.74, 6) is -2.71. The lowest BCUT2D eigenvalue weighted by Crippen LogP contribution is -2.29. The number of sulfonamides is 1. The van der Waals surface area contributed by atoms with Crippen molar-refractivity contribution in [1.29, 1.82) is 0 Å². The fourth-order valence-electron chi connectivity index (χ4n) is 2.89. The standard InChI is InChI=1S/C12H13N3O2.C6H7NO2S.C2HF3O2/c16-9-7-8(13-1-2-13)12(17)11(15-5-6-15)10(9)14-3-4-14;7-10(8,9)6-4-2-1-3-5-6;3-2(4,5)1(6)7/h7H,1-6H2;1-5H,(H2,7,8,9);(H,6,7). The fraction of sp³-hybridized carbons (Fsp3) is 0.350. The smallest absolute Gasteiger partial charge is 0.475 e. The number of rotatable bonds is 4. The van der Waals surface area contributed by atoms with Gasteiger partial charge in [0.2, 0.25) is 21.6 Å². The predicted molar refractivity (Wildman–Crippen MR) is 111 cm³/mol. The number of hydrogen-bond donors (Lipinski definition) is 2. The van der Waals surface area contributed by atoms with Crippen molar-refractivity contribution in [2.24, 2.45) is 5.14 Å². The monoisotopic (exact) mass is 502 g/mol. The van der Waals surface area contributed by atoms with Gasteiger partial charge in [-0.15, -0.1) is 0 Å². The van der Waals surface area contributed by atoms with Gasteiger partial charge in [-0.3, -0.25) is 9.59 Å². The summed E-state index contributed by atoms with van der Waals surface area (Å²) >= 11 is 0. The van der Waals surface area contributed by atoms with Crippen LogP contribution in [-0.2, 0) is 24.4 Å². The molecule has 3 heterocycles. The van der Waals surface area contributed by atoms with Crippen LogP contribution in [0.25, 0.3) is 0 Å². The molecule has 1 aliphatic carbocycles. The molecule has 34 heavy (non-hydrogen) atoms. The lowest BCUT2D eigenvalue weighted by atomic mass is 10.0. The molecule has 0 unspecified atom stereocenters. The summed E-state index contributed by atoms with van der Waals surface area (Å²) in [5.41, 5.74) is 1.89. The average molecular weight is 502 g/mol. The number of allylic oxidation sites excluding steroid dienone is 1. The third-order valence-electron chi connectivity index (χ3n) is 4.80. The number of alkyl halides is 3. The number of halogens is 3. The second-order valence-electron chi connectivity index (χ2n) is 7.54. The van der Waals surface area contributed by atoms with E-state index in [4.69, 9.17) is 15.0 Å². The van der Waals surface area contributed by atoms with Gasteiger partial charge in [-0.05, 0) is 12.1 Å². The first kappa shape index (κ1) is 25.2. The van der Waals surface area contributed by atoms with Crippen LogP contribution >= 0.6 is 0 Å². The topological polar surface area (TPSA) is 141 Å². The van der Waals surface area contributed by atoms with E-state index in [1.54, 1.807) is 18.2 Å². The summed E-state index contributed by atoms with van der Waals surface area (Å²) in [6, 6.07) is 7.89. The van der Waals surface area contributed by atoms with Crippen LogP contribution in [0.4, 0.5) is 13.2 Å². The molecule has 0 saturated carbocycles. The van der Waals surface area contributed by atoms with Gasteiger partial charge in [0.25, 0.3) is 0 Å². The molecule has 0 atom stereocenters. The number of carbonyl (C=O) groups is 3. The number of primary sulfonamides is 1. The molecule has 0 spiro atoms. The van der Waals surface area contributed by atoms with Gasteiger partial charge in [0.05, 0.1) is 10.6 Å². The SMILES string of the molecule is NS(=O)(=O)c1ccccc1.O=C(O)C(F)(F)F.O=C1C=C(N2CC2)C(=O)C(N2CC2)=C1N1CC1. The quantitative estimate of drug-likeness (QED) is 0.435. The number of nitrogens with two attached hydrogens (primary N) is 1. The van der Waals surface area contributed by atoms with Crippen LogP contribution in [0.2, 0.25) is 0 Å². The molecule has 1 aromatic carbocycles. The van der Waals surface area contributed by atoms with Gasteiger partial charge < -0.3 is 19.8 Å². The first-order valence-corrected chi connectivity index (χ1v) is 11.5. The minimum atomic E-state index is -5.08. The number of nitrogens with zero attached hydrogens (tertiary/aromatic N) is 3. The first-order valence-electron chi connectivity index (χ1n) is 9.98. The molecule has 14 heteroatoms. The normalized spacial score (nSPS) is 18.9. The van der Waals surface area contributed by atoms with Crippen molar-refractivity contribution in [1.82, 2.24) is 14.7 Å². The van der Waals surface area contributed by atoms with Crippen LogP contribution in [0.3, 0.4) is 0 Å². The van der Waals surface area contributed by atoms with Crippen molar-refractivity contribution in [3.05, 3.63) is 53.5 Å². The zero-order valence-corrected chi connectivity index (χ0v) is 18.5. The minimum absolute atomic E-state index is 0.00546. The van der Waals surface area contributed by atoms with Crippen molar-refractivity contribution in [3.8, 4) is 0 Å². The highest BCUT2D eigenvalue weighted by Crippen LogP contribution is 2.33. The van der Waals surface area contributed by atoms with Gasteiger partial charge in [0.15, 0.2) is 0 Å². The molecule has 1 aromatic rings. The number of ketones is 2. The van der Waals surface area contributed by atoms with Gasteiger partial charge in [0.1, 0.15) is 11.4 Å². The van der Waals surface area contributed by atoms with Crippen molar-refractivity contribution >= 4 is 27.6 Å². The zero-order chi connectivity index (χ0) is 25.3. The van der Waals surface area contributed by atoms with Gasteiger partial charge in [0, 0.05) is 45.3 Å². The second-order valence-corrected chi connectivity index (χ2v) is 9.10. The Bertz CT molecular complexity index is 1150. The summed E-state index contributed by atoms with van der Waals surface area (Å²) in [5, 5.41) is 12.0. The van der Waals surface area contributed by atoms with Gasteiger partial charge in [-0.1, -0.05) is 18.2 Å². The first-order chi connectivity index (χ1) is 15.8. The second kappa shape index (κ2) is 9.46. The number of Topliss-reactive ketones (excluding diaryl/α,β-unsaturated/α-hetero) is 1. The number of carboxylic acids is 1. The Kier molecular flexibility index (Phi) is 7.02. The Morgan fingerprint density at radius 1 is 0.882 bits per heavy atom. The van der Waals surface area contributed by atoms with Crippen LogP contribution in [0, 0.1) is 0 Å². The molecule has 184 valence electrons. The molecule has 0 amide bonds. The highest BCUT2D eigenvalue weighted by molar-refractivity contribution is 7.89. The molecule has 3 saturated heterocycles. The van der Waals surface area contributed by atoms with Crippen LogP contribution in [0.5, 0.6) is 0 Å². The van der Waals surface area contributed by atoms with Crippen molar-refractivity contribution in [3.63, 3.8) is 0 Å². The van der Waals surface area contributed by atoms with E-state index in [1.165, 1.54) is 18.2 Å². The third-order valence-corrected chi connectivity index (χ3v) is 5.73. The number of hydrogen-bond acceptors (Lipinski definition) is 8. The number of carbonyl (C=O) groups excluding carboxylic acids is 2. The maximum absolute atomic E-state index is 12.4. The maximum atomic E-state index is 12.4. The van der Waals surface area contributed by atoms with Crippen LogP contribution in [0.15, 0.2) is 58.4 Å². The molecule has 5 rings (SSSR count). The van der Waals surface area contributed by atoms with Crippen molar-refractivity contribution in [2.75, 3.05) is 39.3 Å². The molecule has 4 aliphatic rings. The van der Waals surface area contributed by atoms with E-state index in [0.717, 1.165) is 39.3 Å². The Morgan fingerprint density at radius 2 is 1.32 bits per heavy atom. The van der Waals surface area contributed by atoms with E-state index in [0.29, 0.717) is 17.1 Å². The fourth-order valence-corrected chi connectivity index (χ4v) is 3.42. The summed E-state index contributed by atoms with van der Waals surface area (Å²) in [6.07, 6.45) is -3.56. The van der Waals surface area contributed by atoms with Crippen molar-refractivity contribution < 1.29 is 41.1 Å². The van der Waals surface area contributed by atoms with E-state index in [2.05, 4.69) is 0 Å². The van der Waals surface area contributed by atoms with Crippen LogP contribution < -0.4 is 5.14 Å². The molecule has 3 N–H and O–H groups in total. The summed E-state index contributed by atoms with van der Waals surface area (Å²) in [7, 11) is -3.50. The predicted octanol–water partition coefficient (Wildman–Crippen LogP) is 0.148. The summed E-state index contributed by atoms with van der Waals surface area (Å²) < 4.78 is 53.0. The molecule has 3 fully saturated rings. The average Bonchev–Trinajstić information content (AvgIpc) is 3.61. The third kappa shape index (κ3) is 6.57. The van der Waals surface area contributed by atoms with Crippen molar-refractivity contribution in [2.45, 2.75) is 11.1 Å². The molecule has 0 aromatic heterocycles. The molecular formula is C20H21F3N4O6S. The minimum Gasteiger partial charge on any atom is -0.475 e. The van der Waals surface area contributed by atoms with E-state index < -0.39 is 22.2 Å². The lowest BCUT2D eigenvalue weighted by molar-refractivity contribution is -0.192. The van der Waals surface area contributed by atoms with Gasteiger partial charge >= 0.3 is 12.1 Å². The molecule has 0 bridgehead atoms. The molecule has 10 nitrogen and oxygen atoms in total. The van der Waals surface area contributed by atoms with E-state index in [1.807, 2.05) is 14.7 Å². The summed E-state index contributed by atoms with van der Waals surface area (Å²) in [4.78, 5) is 39.5. The maximum Gasteiger partial charge on any atom is 0.490 e. The van der Waals surface area contributed by atoms with Crippen LogP contribution in [0.1, 0.15) is 0 Å². The van der Waals surface area contributed by atoms with Crippen LogP contribution in [-0.4, -0.2) is 91.2 Å². The van der Waals surface area contributed by atoms with Gasteiger partial charge in [-0.25, -0.2) is 18.4 Å². The number of benzene rings is 1. The lowest BCUT2D eigenvalue weighted by Gasteiger charge is -2.21. The largest absolute Gasteiger partial charge is 0.490 e. The molecule has 3 aliphatic heterocycles. The molecule has 0 radical (unpaired) electrons. The highest BCUT2D eigenvalue weighted by atomic mass is 32.2. The highest BCUT2D eigenvalue weighted by Gasteiger charge is 2.43. The Morgan fingerprint density at radius 3 is 1.68 bits per heavy atom. The summed E-state index contributed by atoms with van der Waals surface area (Å²) in [6.45, 7) is 5.41. The molecular weight excluding hydrogens is 481 g/mol. The Hall–Kier alpha value is -3.39. The van der Waals surface area contributed by atoms with E-state index in [9.17, 15) is 31.2 Å². The van der Waals surface area contributed by atoms with Gasteiger partial charge in [-0.2, -0.15) is 13.2 Å². The zero-order valence-electron chi connectivity index (χ0n) is 17.7. The van der Waals surface area contributed by atoms with E-state index in [-0.39, 0.29) is 16.5 Å². The Balaban J connectivity index is 0.000000163. The van der Waals surface area contributed by atoms with E-state index >= 15 is 0 Å². The number of carboxylic acid groups (broad SMARTS) is 1. The Labute approximate surface area is 192 Å². The number of aliphatic carboxylic acids is 1.